The second kappa shape index (κ2) is 8.56. The molecule has 0 saturated heterocycles. The highest BCUT2D eigenvalue weighted by Gasteiger charge is 2.17. The van der Waals surface area contributed by atoms with Gasteiger partial charge in [0.2, 0.25) is 0 Å². The maximum Gasteiger partial charge on any atom is 0.195 e. The molecule has 0 radical (unpaired) electrons. The summed E-state index contributed by atoms with van der Waals surface area (Å²) in [6, 6.07) is 5.80. The third-order valence-electron chi connectivity index (χ3n) is 4.33. The van der Waals surface area contributed by atoms with Crippen LogP contribution in [0.3, 0.4) is 0 Å². The van der Waals surface area contributed by atoms with E-state index in [2.05, 4.69) is 30.4 Å². The van der Waals surface area contributed by atoms with Crippen molar-refractivity contribution in [3.05, 3.63) is 29.8 Å². The number of fused-ring (bicyclic) bond motifs is 2. The predicted molar refractivity (Wildman–Crippen MR) is 110 cm³/mol. The fourth-order valence-electron chi connectivity index (χ4n) is 3.06. The van der Waals surface area contributed by atoms with Crippen LogP contribution in [0.1, 0.15) is 24.5 Å². The van der Waals surface area contributed by atoms with Crippen LogP contribution in [0.2, 0.25) is 0 Å². The lowest BCUT2D eigenvalue weighted by molar-refractivity contribution is 0.297. The molecule has 0 unspecified atom stereocenters. The largest absolute Gasteiger partial charge is 0.490 e. The molecule has 0 aliphatic carbocycles. The second-order valence-corrected chi connectivity index (χ2v) is 6.05. The van der Waals surface area contributed by atoms with Crippen LogP contribution in [0, 0.1) is 0 Å². The molecular weight excluding hydrogens is 447 g/mol. The lowest BCUT2D eigenvalue weighted by Crippen LogP contribution is -2.31. The van der Waals surface area contributed by atoms with Crippen molar-refractivity contribution in [3.63, 3.8) is 0 Å². The standard InChI is InChI=1S/C17H22N6O2.HI/c1-18-17(19-11-16-22-21-15-4-2-7-23(15)16)20-12-5-6-13-14(10-12)25-9-3-8-24-13;/h5-6,10H,2-4,7-9,11H2,1H3,(H2,18,19,20);1H. The third-order valence-corrected chi connectivity index (χ3v) is 4.33. The van der Waals surface area contributed by atoms with Gasteiger partial charge in [-0.2, -0.15) is 0 Å². The molecule has 3 heterocycles. The number of rotatable bonds is 3. The highest BCUT2D eigenvalue weighted by molar-refractivity contribution is 14.0. The summed E-state index contributed by atoms with van der Waals surface area (Å²) in [5, 5.41) is 15.0. The maximum absolute atomic E-state index is 5.73. The van der Waals surface area contributed by atoms with Gasteiger partial charge in [-0.15, -0.1) is 34.2 Å². The summed E-state index contributed by atoms with van der Waals surface area (Å²) >= 11 is 0. The molecule has 0 amide bonds. The molecule has 0 saturated carbocycles. The van der Waals surface area contributed by atoms with Gasteiger partial charge in [0, 0.05) is 38.2 Å². The van der Waals surface area contributed by atoms with Crippen molar-refractivity contribution >= 4 is 35.6 Å². The first kappa shape index (κ1) is 18.7. The van der Waals surface area contributed by atoms with Gasteiger partial charge in [-0.1, -0.05) is 0 Å². The number of nitrogens with one attached hydrogen (secondary N) is 2. The zero-order chi connectivity index (χ0) is 17.1. The Labute approximate surface area is 169 Å². The molecule has 0 bridgehead atoms. The molecule has 0 fully saturated rings. The zero-order valence-electron chi connectivity index (χ0n) is 14.7. The van der Waals surface area contributed by atoms with E-state index in [1.165, 1.54) is 0 Å². The second-order valence-electron chi connectivity index (χ2n) is 6.05. The molecular formula is C17H23IN6O2. The van der Waals surface area contributed by atoms with E-state index in [1.54, 1.807) is 7.05 Å². The Morgan fingerprint density at radius 3 is 2.88 bits per heavy atom. The Bertz CT molecular complexity index is 792. The molecule has 2 aliphatic rings. The molecule has 2 aliphatic heterocycles. The maximum atomic E-state index is 5.73. The van der Waals surface area contributed by atoms with Crippen LogP contribution >= 0.6 is 24.0 Å². The number of halogens is 1. The van der Waals surface area contributed by atoms with E-state index >= 15 is 0 Å². The highest BCUT2D eigenvalue weighted by atomic mass is 127. The molecule has 1 aromatic carbocycles. The van der Waals surface area contributed by atoms with E-state index in [0.717, 1.165) is 54.6 Å². The van der Waals surface area contributed by atoms with Crippen LogP contribution in [0.4, 0.5) is 5.69 Å². The molecule has 8 nitrogen and oxygen atoms in total. The van der Waals surface area contributed by atoms with Gasteiger partial charge in [-0.25, -0.2) is 0 Å². The van der Waals surface area contributed by atoms with Crippen molar-refractivity contribution in [2.45, 2.75) is 32.4 Å². The number of aliphatic imine (C=N–C) groups is 1. The van der Waals surface area contributed by atoms with E-state index in [1.807, 2.05) is 18.2 Å². The van der Waals surface area contributed by atoms with Gasteiger partial charge in [0.15, 0.2) is 23.3 Å². The number of guanidine groups is 1. The van der Waals surface area contributed by atoms with Crippen molar-refractivity contribution in [3.8, 4) is 11.5 Å². The van der Waals surface area contributed by atoms with Crippen molar-refractivity contribution in [2.24, 2.45) is 4.99 Å². The van der Waals surface area contributed by atoms with Crippen LogP contribution in [-0.2, 0) is 19.5 Å². The summed E-state index contributed by atoms with van der Waals surface area (Å²) in [4.78, 5) is 4.27. The van der Waals surface area contributed by atoms with Crippen molar-refractivity contribution in [1.29, 1.82) is 0 Å². The Morgan fingerprint density at radius 1 is 1.19 bits per heavy atom. The van der Waals surface area contributed by atoms with Crippen molar-refractivity contribution in [1.82, 2.24) is 20.1 Å². The van der Waals surface area contributed by atoms with Gasteiger partial charge in [-0.05, 0) is 18.6 Å². The van der Waals surface area contributed by atoms with Crippen molar-refractivity contribution < 1.29 is 9.47 Å². The van der Waals surface area contributed by atoms with E-state index in [4.69, 9.17) is 9.47 Å². The first-order valence-corrected chi connectivity index (χ1v) is 8.62. The first-order valence-electron chi connectivity index (χ1n) is 8.62. The predicted octanol–water partition coefficient (Wildman–Crippen LogP) is 2.19. The fourth-order valence-corrected chi connectivity index (χ4v) is 3.06. The number of ether oxygens (including phenoxy) is 2. The quantitative estimate of drug-likeness (QED) is 0.407. The summed E-state index contributed by atoms with van der Waals surface area (Å²) in [6.07, 6.45) is 3.04. The molecule has 4 rings (SSSR count). The number of hydrogen-bond acceptors (Lipinski definition) is 5. The minimum Gasteiger partial charge on any atom is -0.490 e. The Hall–Kier alpha value is -2.04. The minimum absolute atomic E-state index is 0. The van der Waals surface area contributed by atoms with Gasteiger partial charge in [0.25, 0.3) is 0 Å². The van der Waals surface area contributed by atoms with Gasteiger partial charge in [0.1, 0.15) is 5.82 Å². The third kappa shape index (κ3) is 4.02. The Balaban J connectivity index is 0.00000196. The molecule has 26 heavy (non-hydrogen) atoms. The van der Waals surface area contributed by atoms with Crippen molar-refractivity contribution in [2.75, 3.05) is 25.6 Å². The van der Waals surface area contributed by atoms with Crippen LogP contribution in [0.25, 0.3) is 0 Å². The van der Waals surface area contributed by atoms with Crippen LogP contribution in [-0.4, -0.2) is 41.0 Å². The normalized spacial score (nSPS) is 15.7. The molecule has 2 N–H and O–H groups in total. The van der Waals surface area contributed by atoms with Gasteiger partial charge in [0.05, 0.1) is 19.8 Å². The lowest BCUT2D eigenvalue weighted by atomic mass is 10.3. The Morgan fingerprint density at radius 2 is 2.04 bits per heavy atom. The zero-order valence-corrected chi connectivity index (χ0v) is 17.0. The topological polar surface area (TPSA) is 85.6 Å². The monoisotopic (exact) mass is 470 g/mol. The average Bonchev–Trinajstić information content (AvgIpc) is 3.16. The SMILES string of the molecule is CN=C(NCc1nnc2n1CCC2)Nc1ccc2c(c1)OCCCO2.I. The lowest BCUT2D eigenvalue weighted by Gasteiger charge is -2.14. The molecule has 9 heteroatoms. The van der Waals surface area contributed by atoms with Gasteiger partial charge in [-0.3, -0.25) is 4.99 Å². The van der Waals surface area contributed by atoms with E-state index in [0.29, 0.717) is 25.7 Å². The number of aryl methyl sites for hydroxylation is 1. The fraction of sp³-hybridized carbons (Fsp3) is 0.471. The van der Waals surface area contributed by atoms with E-state index < -0.39 is 0 Å². The summed E-state index contributed by atoms with van der Waals surface area (Å²) < 4.78 is 13.6. The Kier molecular flexibility index (Phi) is 6.17. The summed E-state index contributed by atoms with van der Waals surface area (Å²) in [5.41, 5.74) is 0.892. The molecule has 0 atom stereocenters. The van der Waals surface area contributed by atoms with E-state index in [-0.39, 0.29) is 24.0 Å². The molecule has 0 spiro atoms. The highest BCUT2D eigenvalue weighted by Crippen LogP contribution is 2.32. The molecule has 140 valence electrons. The number of benzene rings is 1. The summed E-state index contributed by atoms with van der Waals surface area (Å²) in [5.74, 6) is 4.22. The number of nitrogens with zero attached hydrogens (tertiary/aromatic N) is 4. The number of anilines is 1. The number of hydrogen-bond donors (Lipinski definition) is 2. The molecule has 2 aromatic rings. The van der Waals surface area contributed by atoms with Crippen LogP contribution < -0.4 is 20.1 Å². The first-order chi connectivity index (χ1) is 12.3. The average molecular weight is 470 g/mol. The summed E-state index contributed by atoms with van der Waals surface area (Å²) in [7, 11) is 1.74. The van der Waals surface area contributed by atoms with Gasteiger partial charge < -0.3 is 24.7 Å². The smallest absolute Gasteiger partial charge is 0.195 e. The minimum atomic E-state index is 0. The number of aromatic nitrogens is 3. The molecule has 1 aromatic heterocycles. The van der Waals surface area contributed by atoms with Crippen LogP contribution in [0.15, 0.2) is 23.2 Å². The van der Waals surface area contributed by atoms with Gasteiger partial charge >= 0.3 is 0 Å². The van der Waals surface area contributed by atoms with Crippen LogP contribution in [0.5, 0.6) is 11.5 Å². The summed E-state index contributed by atoms with van der Waals surface area (Å²) in [6.45, 7) is 2.93. The van der Waals surface area contributed by atoms with E-state index in [9.17, 15) is 0 Å².